The second-order valence-electron chi connectivity index (χ2n) is 5.77. The summed E-state index contributed by atoms with van der Waals surface area (Å²) >= 11 is 0. The third-order valence-electron chi connectivity index (χ3n) is 4.10. The number of aromatic nitrogens is 3. The van der Waals surface area contributed by atoms with Crippen molar-refractivity contribution in [1.29, 1.82) is 0 Å². The van der Waals surface area contributed by atoms with Crippen LogP contribution >= 0.6 is 0 Å². The lowest BCUT2D eigenvalue weighted by atomic mass is 10.3. The molecule has 0 unspecified atom stereocenters. The molecular weight excluding hydrogens is 276 g/mol. The molecule has 3 heterocycles. The molecule has 1 aliphatic rings. The number of fused-ring (bicyclic) bond motifs is 1. The molecule has 1 fully saturated rings. The van der Waals surface area contributed by atoms with Crippen molar-refractivity contribution < 1.29 is 4.79 Å². The summed E-state index contributed by atoms with van der Waals surface area (Å²) < 4.78 is 4.10. The molecule has 3 aromatic heterocycles. The van der Waals surface area contributed by atoms with E-state index in [0.29, 0.717) is 18.0 Å². The largest absolute Gasteiger partial charge is 0.350 e. The van der Waals surface area contributed by atoms with Crippen molar-refractivity contribution in [2.45, 2.75) is 25.3 Å². The van der Waals surface area contributed by atoms with E-state index in [4.69, 9.17) is 0 Å². The maximum Gasteiger partial charge on any atom is 0.252 e. The van der Waals surface area contributed by atoms with E-state index in [-0.39, 0.29) is 5.91 Å². The van der Waals surface area contributed by atoms with Gasteiger partial charge < -0.3 is 14.3 Å². The third-order valence-corrected chi connectivity index (χ3v) is 4.10. The van der Waals surface area contributed by atoms with Crippen molar-refractivity contribution in [3.63, 3.8) is 0 Å². The van der Waals surface area contributed by atoms with Crippen molar-refractivity contribution >= 4 is 11.4 Å². The first-order valence-corrected chi connectivity index (χ1v) is 7.67. The molecule has 5 nitrogen and oxygen atoms in total. The molecule has 0 saturated heterocycles. The molecule has 112 valence electrons. The molecule has 1 N–H and O–H groups in total. The Kier molecular flexibility index (Phi) is 3.18. The second kappa shape index (κ2) is 5.33. The summed E-state index contributed by atoms with van der Waals surface area (Å²) in [7, 11) is 0. The Bertz CT molecular complexity index is 780. The molecule has 1 saturated carbocycles. The summed E-state index contributed by atoms with van der Waals surface area (Å²) in [5.74, 6) is 1.75. The molecule has 0 radical (unpaired) electrons. The number of hydrogen-bond acceptors (Lipinski definition) is 2. The normalized spacial score (nSPS) is 14.4. The van der Waals surface area contributed by atoms with Crippen LogP contribution in [-0.4, -0.2) is 26.4 Å². The summed E-state index contributed by atoms with van der Waals surface area (Å²) in [6.07, 6.45) is 10.1. The molecule has 0 aromatic carbocycles. The summed E-state index contributed by atoms with van der Waals surface area (Å²) in [6, 6.07) is 7.81. The zero-order valence-electron chi connectivity index (χ0n) is 12.3. The van der Waals surface area contributed by atoms with Crippen LogP contribution in [0.2, 0.25) is 0 Å². The van der Waals surface area contributed by atoms with E-state index in [1.807, 2.05) is 53.5 Å². The number of carbonyl (C=O) groups is 1. The lowest BCUT2D eigenvalue weighted by Gasteiger charge is -2.08. The highest BCUT2D eigenvalue weighted by Gasteiger charge is 2.27. The van der Waals surface area contributed by atoms with Crippen LogP contribution in [0.15, 0.2) is 49.1 Å². The van der Waals surface area contributed by atoms with Gasteiger partial charge in [-0.3, -0.25) is 4.79 Å². The number of carbonyl (C=O) groups excluding carboxylic acids is 1. The topological polar surface area (TPSA) is 51.3 Å². The average molecular weight is 294 g/mol. The SMILES string of the molecule is O=C(NCCn1ccnc1C1CC1)c1cc2ccccn2c1. The fourth-order valence-electron chi connectivity index (χ4n) is 2.78. The van der Waals surface area contributed by atoms with Crippen LogP contribution in [0.5, 0.6) is 0 Å². The van der Waals surface area contributed by atoms with Gasteiger partial charge in [-0.05, 0) is 31.0 Å². The minimum atomic E-state index is -0.0308. The molecule has 3 aromatic rings. The van der Waals surface area contributed by atoms with E-state index in [1.54, 1.807) is 0 Å². The minimum Gasteiger partial charge on any atom is -0.350 e. The van der Waals surface area contributed by atoms with Crippen molar-refractivity contribution in [2.75, 3.05) is 6.54 Å². The first-order valence-electron chi connectivity index (χ1n) is 7.67. The predicted octanol–water partition coefficient (Wildman–Crippen LogP) is 2.44. The van der Waals surface area contributed by atoms with Gasteiger partial charge in [-0.15, -0.1) is 0 Å². The van der Waals surface area contributed by atoms with Gasteiger partial charge in [0.15, 0.2) is 0 Å². The van der Waals surface area contributed by atoms with Gasteiger partial charge in [0.1, 0.15) is 5.82 Å². The summed E-state index contributed by atoms with van der Waals surface area (Å²) in [5.41, 5.74) is 1.72. The molecule has 0 bridgehead atoms. The number of imidazole rings is 1. The van der Waals surface area contributed by atoms with Crippen LogP contribution in [0.4, 0.5) is 0 Å². The Hall–Kier alpha value is -2.56. The van der Waals surface area contributed by atoms with Crippen LogP contribution in [0, 0.1) is 0 Å². The van der Waals surface area contributed by atoms with Crippen LogP contribution in [0.1, 0.15) is 34.9 Å². The van der Waals surface area contributed by atoms with Gasteiger partial charge in [0.05, 0.1) is 5.56 Å². The van der Waals surface area contributed by atoms with Crippen LogP contribution in [-0.2, 0) is 6.54 Å². The maximum atomic E-state index is 12.2. The first-order chi connectivity index (χ1) is 10.8. The molecule has 1 amide bonds. The number of hydrogen-bond donors (Lipinski definition) is 1. The highest BCUT2D eigenvalue weighted by molar-refractivity contribution is 5.95. The summed E-state index contributed by atoms with van der Waals surface area (Å²) in [6.45, 7) is 1.38. The van der Waals surface area contributed by atoms with Crippen LogP contribution in [0.3, 0.4) is 0 Å². The molecule has 22 heavy (non-hydrogen) atoms. The number of nitrogens with zero attached hydrogens (tertiary/aromatic N) is 3. The lowest BCUT2D eigenvalue weighted by molar-refractivity contribution is 0.0952. The molecule has 5 heteroatoms. The van der Waals surface area contributed by atoms with Gasteiger partial charge >= 0.3 is 0 Å². The lowest BCUT2D eigenvalue weighted by Crippen LogP contribution is -2.27. The van der Waals surface area contributed by atoms with E-state index in [0.717, 1.165) is 17.9 Å². The van der Waals surface area contributed by atoms with E-state index in [2.05, 4.69) is 14.9 Å². The molecular formula is C17H18N4O. The molecule has 4 rings (SSSR count). The van der Waals surface area contributed by atoms with E-state index in [9.17, 15) is 4.79 Å². The minimum absolute atomic E-state index is 0.0308. The van der Waals surface area contributed by atoms with E-state index < -0.39 is 0 Å². The fourth-order valence-corrected chi connectivity index (χ4v) is 2.78. The average Bonchev–Trinajstić information content (AvgIpc) is 3.11. The van der Waals surface area contributed by atoms with Crippen molar-refractivity contribution in [1.82, 2.24) is 19.3 Å². The highest BCUT2D eigenvalue weighted by atomic mass is 16.1. The fraction of sp³-hybridized carbons (Fsp3) is 0.294. The second-order valence-corrected chi connectivity index (χ2v) is 5.77. The summed E-state index contributed by atoms with van der Waals surface area (Å²) in [4.78, 5) is 16.6. The van der Waals surface area contributed by atoms with Gasteiger partial charge in [0.2, 0.25) is 0 Å². The molecule has 1 aliphatic carbocycles. The van der Waals surface area contributed by atoms with Crippen LogP contribution in [0.25, 0.3) is 5.52 Å². The Morgan fingerprint density at radius 2 is 2.23 bits per heavy atom. The third kappa shape index (κ3) is 2.50. The van der Waals surface area contributed by atoms with Gasteiger partial charge in [0, 0.05) is 49.3 Å². The number of nitrogens with one attached hydrogen (secondary N) is 1. The van der Waals surface area contributed by atoms with Gasteiger partial charge in [-0.1, -0.05) is 6.07 Å². The zero-order chi connectivity index (χ0) is 14.9. The standard InChI is InChI=1S/C17H18N4O/c22-17(14-11-15-3-1-2-8-21(15)12-14)19-7-10-20-9-6-18-16(20)13-4-5-13/h1-3,6,8-9,11-13H,4-5,7,10H2,(H,19,22). The van der Waals surface area contributed by atoms with E-state index >= 15 is 0 Å². The summed E-state index contributed by atoms with van der Waals surface area (Å²) in [5, 5.41) is 2.98. The Morgan fingerprint density at radius 3 is 3.05 bits per heavy atom. The smallest absolute Gasteiger partial charge is 0.252 e. The molecule has 0 spiro atoms. The predicted molar refractivity (Wildman–Crippen MR) is 83.9 cm³/mol. The Labute approximate surface area is 128 Å². The first kappa shape index (κ1) is 13.1. The van der Waals surface area contributed by atoms with Gasteiger partial charge in [-0.25, -0.2) is 4.98 Å². The maximum absolute atomic E-state index is 12.2. The molecule has 0 aliphatic heterocycles. The van der Waals surface area contributed by atoms with Crippen LogP contribution < -0.4 is 5.32 Å². The van der Waals surface area contributed by atoms with Gasteiger partial charge in [0.25, 0.3) is 5.91 Å². The van der Waals surface area contributed by atoms with E-state index in [1.165, 1.54) is 12.8 Å². The highest BCUT2D eigenvalue weighted by Crippen LogP contribution is 2.38. The monoisotopic (exact) mass is 294 g/mol. The van der Waals surface area contributed by atoms with Crippen molar-refractivity contribution in [2.24, 2.45) is 0 Å². The number of pyridine rings is 1. The van der Waals surface area contributed by atoms with Gasteiger partial charge in [-0.2, -0.15) is 0 Å². The number of rotatable bonds is 5. The quantitative estimate of drug-likeness (QED) is 0.786. The van der Waals surface area contributed by atoms with Crippen molar-refractivity contribution in [3.05, 3.63) is 60.4 Å². The Balaban J connectivity index is 1.38. The Morgan fingerprint density at radius 1 is 1.32 bits per heavy atom. The van der Waals surface area contributed by atoms with Crippen molar-refractivity contribution in [3.8, 4) is 0 Å². The zero-order valence-corrected chi connectivity index (χ0v) is 12.3. The molecule has 0 atom stereocenters. The number of amides is 1.